The minimum Gasteiger partial charge on any atom is -0.465 e. The van der Waals surface area contributed by atoms with Crippen molar-refractivity contribution in [2.75, 3.05) is 43.6 Å². The summed E-state index contributed by atoms with van der Waals surface area (Å²) >= 11 is 1.29. The minimum absolute atomic E-state index is 0.241. The van der Waals surface area contributed by atoms with Gasteiger partial charge in [-0.25, -0.2) is 9.48 Å². The molecule has 11 heteroatoms. The van der Waals surface area contributed by atoms with Gasteiger partial charge in [-0.15, -0.1) is 5.10 Å². The van der Waals surface area contributed by atoms with Gasteiger partial charge in [-0.3, -0.25) is 4.79 Å². The van der Waals surface area contributed by atoms with Crippen molar-refractivity contribution in [3.05, 3.63) is 23.8 Å². The van der Waals surface area contributed by atoms with Crippen molar-refractivity contribution in [1.29, 1.82) is 0 Å². The second-order valence-corrected chi connectivity index (χ2v) is 8.52. The molecule has 1 amide bonds. The molecule has 30 heavy (non-hydrogen) atoms. The number of esters is 1. The maximum atomic E-state index is 12.8. The van der Waals surface area contributed by atoms with E-state index in [2.05, 4.69) is 25.7 Å². The van der Waals surface area contributed by atoms with Crippen LogP contribution >= 0.6 is 11.8 Å². The Labute approximate surface area is 178 Å². The van der Waals surface area contributed by atoms with E-state index in [1.54, 1.807) is 23.7 Å². The molecule has 2 aromatic rings. The topological polar surface area (TPSA) is 111 Å². The first-order valence-electron chi connectivity index (χ1n) is 9.87. The summed E-state index contributed by atoms with van der Waals surface area (Å²) in [6.07, 6.45) is 2.11. The fraction of sp³-hybridized carbons (Fsp3) is 0.526. The molecule has 1 saturated heterocycles. The monoisotopic (exact) mass is 432 g/mol. The van der Waals surface area contributed by atoms with Gasteiger partial charge in [0.25, 0.3) is 0 Å². The Bertz CT molecular complexity index is 925. The van der Waals surface area contributed by atoms with E-state index < -0.39 is 11.2 Å². The summed E-state index contributed by atoms with van der Waals surface area (Å²) in [7, 11) is 1.32. The zero-order valence-corrected chi connectivity index (χ0v) is 17.7. The fourth-order valence-corrected chi connectivity index (χ4v) is 4.06. The third-order valence-electron chi connectivity index (χ3n) is 5.05. The van der Waals surface area contributed by atoms with E-state index >= 15 is 0 Å². The standard InChI is InChI=1S/C19H24N6O4S/c1-12(30-19-21-22-23-25(19)13-3-4-13)17(26)20-16-6-5-14(11-15(16)18(27)28-2)24-7-9-29-10-8-24/h5-6,11-13H,3-4,7-10H2,1-2H3,(H,20,26). The van der Waals surface area contributed by atoms with E-state index in [-0.39, 0.29) is 5.91 Å². The van der Waals surface area contributed by atoms with E-state index in [4.69, 9.17) is 9.47 Å². The summed E-state index contributed by atoms with van der Waals surface area (Å²) in [6.45, 7) is 4.56. The molecule has 1 aromatic heterocycles. The first-order valence-corrected chi connectivity index (χ1v) is 10.7. The van der Waals surface area contributed by atoms with Gasteiger partial charge in [0.05, 0.1) is 42.9 Å². The van der Waals surface area contributed by atoms with Crippen LogP contribution in [0.4, 0.5) is 11.4 Å². The van der Waals surface area contributed by atoms with Crippen molar-refractivity contribution in [3.63, 3.8) is 0 Å². The molecule has 1 aliphatic carbocycles. The molecule has 1 aliphatic heterocycles. The number of hydrogen-bond acceptors (Lipinski definition) is 9. The molecular formula is C19H24N6O4S. The summed E-state index contributed by atoms with van der Waals surface area (Å²) in [5, 5.41) is 14.8. The first-order chi connectivity index (χ1) is 14.6. The summed E-state index contributed by atoms with van der Waals surface area (Å²) in [6, 6.07) is 5.70. The van der Waals surface area contributed by atoms with Crippen molar-refractivity contribution in [2.45, 2.75) is 36.2 Å². The third-order valence-corrected chi connectivity index (χ3v) is 6.10. The normalized spacial score (nSPS) is 17.5. The van der Waals surface area contributed by atoms with E-state index in [0.717, 1.165) is 31.6 Å². The van der Waals surface area contributed by atoms with Gasteiger partial charge in [-0.2, -0.15) is 0 Å². The average molecular weight is 433 g/mol. The molecular weight excluding hydrogens is 408 g/mol. The van der Waals surface area contributed by atoms with E-state index in [9.17, 15) is 9.59 Å². The Morgan fingerprint density at radius 1 is 1.30 bits per heavy atom. The van der Waals surface area contributed by atoms with Gasteiger partial charge in [0.15, 0.2) is 0 Å². The highest BCUT2D eigenvalue weighted by atomic mass is 32.2. The maximum absolute atomic E-state index is 12.8. The van der Waals surface area contributed by atoms with Gasteiger partial charge in [0.2, 0.25) is 11.1 Å². The quantitative estimate of drug-likeness (QED) is 0.516. The number of benzene rings is 1. The highest BCUT2D eigenvalue weighted by Crippen LogP contribution is 2.37. The zero-order chi connectivity index (χ0) is 21.1. The number of hydrogen-bond donors (Lipinski definition) is 1. The Balaban J connectivity index is 1.48. The van der Waals surface area contributed by atoms with E-state index in [0.29, 0.717) is 35.7 Å². The fourth-order valence-electron chi connectivity index (χ4n) is 3.20. The lowest BCUT2D eigenvalue weighted by atomic mass is 10.1. The molecule has 0 radical (unpaired) electrons. The molecule has 1 atom stereocenters. The number of anilines is 2. The highest BCUT2D eigenvalue weighted by Gasteiger charge is 2.29. The number of rotatable bonds is 7. The van der Waals surface area contributed by atoms with Crippen LogP contribution in [0.2, 0.25) is 0 Å². The largest absolute Gasteiger partial charge is 0.465 e. The lowest BCUT2D eigenvalue weighted by Gasteiger charge is -2.29. The molecule has 1 saturated carbocycles. The smallest absolute Gasteiger partial charge is 0.340 e. The van der Waals surface area contributed by atoms with Crippen LogP contribution in [0.25, 0.3) is 0 Å². The summed E-state index contributed by atoms with van der Waals surface area (Å²) in [5.74, 6) is -0.743. The Morgan fingerprint density at radius 3 is 2.77 bits per heavy atom. The van der Waals surface area contributed by atoms with Gasteiger partial charge >= 0.3 is 5.97 Å². The van der Waals surface area contributed by atoms with Gasteiger partial charge in [0, 0.05) is 18.8 Å². The lowest BCUT2D eigenvalue weighted by Crippen LogP contribution is -2.36. The minimum atomic E-state index is -0.501. The van der Waals surface area contributed by atoms with Crippen LogP contribution in [0, 0.1) is 0 Å². The number of carbonyl (C=O) groups excluding carboxylic acids is 2. The van der Waals surface area contributed by atoms with Crippen molar-refractivity contribution in [2.24, 2.45) is 0 Å². The number of aromatic nitrogens is 4. The van der Waals surface area contributed by atoms with Gasteiger partial charge in [-0.05, 0) is 48.4 Å². The van der Waals surface area contributed by atoms with Crippen molar-refractivity contribution < 1.29 is 19.1 Å². The van der Waals surface area contributed by atoms with Crippen LogP contribution < -0.4 is 10.2 Å². The number of ether oxygens (including phenoxy) is 2. The Kier molecular flexibility index (Phi) is 6.18. The van der Waals surface area contributed by atoms with Crippen LogP contribution in [0.3, 0.4) is 0 Å². The average Bonchev–Trinajstić information content (AvgIpc) is 3.52. The van der Waals surface area contributed by atoms with Crippen LogP contribution in [0.5, 0.6) is 0 Å². The number of nitrogens with one attached hydrogen (secondary N) is 1. The Morgan fingerprint density at radius 2 is 2.07 bits per heavy atom. The Hall–Kier alpha value is -2.66. The highest BCUT2D eigenvalue weighted by molar-refractivity contribution is 8.00. The SMILES string of the molecule is COC(=O)c1cc(N2CCOCC2)ccc1NC(=O)C(C)Sc1nnnn1C1CC1. The number of tetrazole rings is 1. The number of methoxy groups -OCH3 is 1. The molecule has 1 aromatic carbocycles. The number of carbonyl (C=O) groups is 2. The summed E-state index contributed by atoms with van der Waals surface area (Å²) in [5.41, 5.74) is 1.62. The van der Waals surface area contributed by atoms with Crippen LogP contribution in [0.15, 0.2) is 23.4 Å². The number of nitrogens with zero attached hydrogens (tertiary/aromatic N) is 5. The zero-order valence-electron chi connectivity index (χ0n) is 16.9. The van der Waals surface area contributed by atoms with Gasteiger partial charge < -0.3 is 19.7 Å². The van der Waals surface area contributed by atoms with Crippen LogP contribution in [0.1, 0.15) is 36.2 Å². The van der Waals surface area contributed by atoms with Crippen LogP contribution in [-0.4, -0.2) is 70.7 Å². The third kappa shape index (κ3) is 4.57. The number of thioether (sulfide) groups is 1. The molecule has 0 bridgehead atoms. The maximum Gasteiger partial charge on any atom is 0.340 e. The molecule has 4 rings (SSSR count). The van der Waals surface area contributed by atoms with Crippen molar-refractivity contribution in [1.82, 2.24) is 20.2 Å². The summed E-state index contributed by atoms with van der Waals surface area (Å²) in [4.78, 5) is 27.3. The molecule has 2 aliphatic rings. The summed E-state index contributed by atoms with van der Waals surface area (Å²) < 4.78 is 12.1. The van der Waals surface area contributed by atoms with Crippen molar-refractivity contribution in [3.8, 4) is 0 Å². The molecule has 2 fully saturated rings. The lowest BCUT2D eigenvalue weighted by molar-refractivity contribution is -0.115. The molecule has 1 N–H and O–H groups in total. The van der Waals surface area contributed by atoms with Gasteiger partial charge in [0.1, 0.15) is 0 Å². The molecule has 1 unspecified atom stereocenters. The molecule has 0 spiro atoms. The molecule has 160 valence electrons. The van der Waals surface area contributed by atoms with E-state index in [1.807, 2.05) is 6.07 Å². The number of morpholine rings is 1. The predicted octanol–water partition coefficient (Wildman–Crippen LogP) is 1.75. The van der Waals surface area contributed by atoms with Crippen molar-refractivity contribution >= 4 is 35.0 Å². The second-order valence-electron chi connectivity index (χ2n) is 7.21. The number of amides is 1. The molecule has 2 heterocycles. The van der Waals surface area contributed by atoms with E-state index in [1.165, 1.54) is 18.9 Å². The molecule has 10 nitrogen and oxygen atoms in total. The first kappa shape index (κ1) is 20.6. The van der Waals surface area contributed by atoms with Crippen LogP contribution in [-0.2, 0) is 14.3 Å². The second kappa shape index (κ2) is 9.00. The van der Waals surface area contributed by atoms with Gasteiger partial charge in [-0.1, -0.05) is 11.8 Å². The predicted molar refractivity (Wildman–Crippen MR) is 111 cm³/mol.